The molecule has 3 heterocycles. The number of hydrogen-bond donors (Lipinski definition) is 0. The summed E-state index contributed by atoms with van der Waals surface area (Å²) in [5.41, 5.74) is 0.579. The minimum absolute atomic E-state index is 0.0282. The summed E-state index contributed by atoms with van der Waals surface area (Å²) in [6.45, 7) is 3.37. The van der Waals surface area contributed by atoms with Crippen LogP contribution in [0, 0.1) is 0 Å². The second-order valence-electron chi connectivity index (χ2n) is 8.55. The third kappa shape index (κ3) is 4.02. The fourth-order valence-corrected chi connectivity index (χ4v) is 5.22. The van der Waals surface area contributed by atoms with E-state index in [0.717, 1.165) is 51.6 Å². The molecule has 6 heteroatoms. The van der Waals surface area contributed by atoms with Crippen molar-refractivity contribution in [2.24, 2.45) is 0 Å². The quantitative estimate of drug-likeness (QED) is 0.740. The molecule has 1 aromatic carbocycles. The van der Waals surface area contributed by atoms with Gasteiger partial charge in [-0.3, -0.25) is 14.4 Å². The largest absolute Gasteiger partial charge is 0.342 e. The standard InChI is InChI=1S/C23H31N3O3/c27-20-9-4-14-24(20)18-11-21(28)26-16-6-13-23(26)12-5-15-25(22(23)29)17-10-19-7-2-1-3-8-19/h1-3,7-8H,4-6,9-18H2. The first kappa shape index (κ1) is 19.9. The Labute approximate surface area is 172 Å². The van der Waals surface area contributed by atoms with Gasteiger partial charge in [0.2, 0.25) is 17.7 Å². The molecule has 1 unspecified atom stereocenters. The van der Waals surface area contributed by atoms with Gasteiger partial charge in [-0.25, -0.2) is 0 Å². The molecule has 0 saturated carbocycles. The van der Waals surface area contributed by atoms with Gasteiger partial charge in [0.25, 0.3) is 0 Å². The van der Waals surface area contributed by atoms with Crippen molar-refractivity contribution < 1.29 is 14.4 Å². The molecular formula is C23H31N3O3. The zero-order valence-corrected chi connectivity index (χ0v) is 17.1. The van der Waals surface area contributed by atoms with Crippen LogP contribution in [0.3, 0.4) is 0 Å². The summed E-state index contributed by atoms with van der Waals surface area (Å²) in [6.07, 6.45) is 6.00. The number of nitrogens with zero attached hydrogens (tertiary/aromatic N) is 3. The van der Waals surface area contributed by atoms with E-state index in [0.29, 0.717) is 32.5 Å². The second-order valence-corrected chi connectivity index (χ2v) is 8.55. The average molecular weight is 398 g/mol. The Morgan fingerprint density at radius 3 is 2.34 bits per heavy atom. The van der Waals surface area contributed by atoms with E-state index in [1.165, 1.54) is 5.56 Å². The lowest BCUT2D eigenvalue weighted by Gasteiger charge is -2.44. The Morgan fingerprint density at radius 1 is 0.897 bits per heavy atom. The number of carbonyl (C=O) groups is 3. The van der Waals surface area contributed by atoms with Crippen molar-refractivity contribution in [3.05, 3.63) is 35.9 Å². The Bertz CT molecular complexity index is 766. The molecule has 29 heavy (non-hydrogen) atoms. The zero-order chi connectivity index (χ0) is 20.3. The van der Waals surface area contributed by atoms with Gasteiger partial charge < -0.3 is 14.7 Å². The van der Waals surface area contributed by atoms with Crippen LogP contribution in [0.5, 0.6) is 0 Å². The molecule has 0 radical (unpaired) electrons. The highest BCUT2D eigenvalue weighted by atomic mass is 16.2. The van der Waals surface area contributed by atoms with Crippen molar-refractivity contribution in [1.29, 1.82) is 0 Å². The summed E-state index contributed by atoms with van der Waals surface area (Å²) in [6, 6.07) is 10.2. The predicted molar refractivity (Wildman–Crippen MR) is 110 cm³/mol. The molecule has 3 aliphatic heterocycles. The molecule has 3 saturated heterocycles. The smallest absolute Gasteiger partial charge is 0.248 e. The highest BCUT2D eigenvalue weighted by Gasteiger charge is 2.52. The number of benzene rings is 1. The lowest BCUT2D eigenvalue weighted by Crippen LogP contribution is -2.61. The normalized spacial score (nSPS) is 24.8. The minimum Gasteiger partial charge on any atom is -0.342 e. The third-order valence-corrected chi connectivity index (χ3v) is 6.77. The van der Waals surface area contributed by atoms with E-state index in [4.69, 9.17) is 0 Å². The molecule has 1 spiro atoms. The summed E-state index contributed by atoms with van der Waals surface area (Å²) < 4.78 is 0. The van der Waals surface area contributed by atoms with Gasteiger partial charge in [-0.05, 0) is 44.1 Å². The summed E-state index contributed by atoms with van der Waals surface area (Å²) in [7, 11) is 0. The Balaban J connectivity index is 1.40. The molecule has 156 valence electrons. The van der Waals surface area contributed by atoms with Crippen molar-refractivity contribution in [3.63, 3.8) is 0 Å². The predicted octanol–water partition coefficient (Wildman–Crippen LogP) is 2.23. The van der Waals surface area contributed by atoms with E-state index in [9.17, 15) is 14.4 Å². The van der Waals surface area contributed by atoms with Crippen LogP contribution < -0.4 is 0 Å². The van der Waals surface area contributed by atoms with Gasteiger partial charge in [-0.15, -0.1) is 0 Å². The van der Waals surface area contributed by atoms with Gasteiger partial charge in [-0.1, -0.05) is 30.3 Å². The molecule has 0 N–H and O–H groups in total. The van der Waals surface area contributed by atoms with Gasteiger partial charge >= 0.3 is 0 Å². The highest BCUT2D eigenvalue weighted by molar-refractivity contribution is 5.93. The molecular weight excluding hydrogens is 366 g/mol. The van der Waals surface area contributed by atoms with Crippen molar-refractivity contribution in [2.45, 2.75) is 56.9 Å². The molecule has 1 atom stereocenters. The van der Waals surface area contributed by atoms with Crippen LogP contribution in [0.4, 0.5) is 0 Å². The van der Waals surface area contributed by atoms with Crippen LogP contribution in [0.25, 0.3) is 0 Å². The van der Waals surface area contributed by atoms with Crippen molar-refractivity contribution in [2.75, 3.05) is 32.7 Å². The molecule has 1 aromatic rings. The lowest BCUT2D eigenvalue weighted by molar-refractivity contribution is -0.155. The highest BCUT2D eigenvalue weighted by Crippen LogP contribution is 2.38. The van der Waals surface area contributed by atoms with E-state index in [1.54, 1.807) is 4.90 Å². The third-order valence-electron chi connectivity index (χ3n) is 6.77. The number of amides is 3. The van der Waals surface area contributed by atoms with Crippen LogP contribution in [-0.4, -0.2) is 70.7 Å². The maximum atomic E-state index is 13.5. The number of rotatable bonds is 6. The van der Waals surface area contributed by atoms with Crippen molar-refractivity contribution in [1.82, 2.24) is 14.7 Å². The molecule has 0 aromatic heterocycles. The number of hydrogen-bond acceptors (Lipinski definition) is 3. The first-order valence-corrected chi connectivity index (χ1v) is 11.0. The first-order chi connectivity index (χ1) is 14.1. The van der Waals surface area contributed by atoms with E-state index in [2.05, 4.69) is 12.1 Å². The van der Waals surface area contributed by atoms with Crippen LogP contribution in [0.15, 0.2) is 30.3 Å². The monoisotopic (exact) mass is 397 g/mol. The topological polar surface area (TPSA) is 60.9 Å². The van der Waals surface area contributed by atoms with E-state index < -0.39 is 5.54 Å². The number of piperidine rings is 1. The SMILES string of the molecule is O=C1CCCN1CCC(=O)N1CCCC12CCCN(CCc1ccccc1)C2=O. The van der Waals surface area contributed by atoms with Gasteiger partial charge in [-0.2, -0.15) is 0 Å². The van der Waals surface area contributed by atoms with Gasteiger partial charge in [0, 0.05) is 45.6 Å². The summed E-state index contributed by atoms with van der Waals surface area (Å²) >= 11 is 0. The summed E-state index contributed by atoms with van der Waals surface area (Å²) in [5, 5.41) is 0. The summed E-state index contributed by atoms with van der Waals surface area (Å²) in [4.78, 5) is 43.9. The van der Waals surface area contributed by atoms with Gasteiger partial charge in [0.1, 0.15) is 5.54 Å². The van der Waals surface area contributed by atoms with E-state index in [-0.39, 0.29) is 17.7 Å². The van der Waals surface area contributed by atoms with Crippen molar-refractivity contribution >= 4 is 17.7 Å². The fraction of sp³-hybridized carbons (Fsp3) is 0.609. The Kier molecular flexibility index (Phi) is 5.88. The first-order valence-electron chi connectivity index (χ1n) is 11.0. The maximum Gasteiger partial charge on any atom is 0.248 e. The molecule has 0 bridgehead atoms. The molecule has 3 amide bonds. The summed E-state index contributed by atoms with van der Waals surface area (Å²) in [5.74, 6) is 0.304. The van der Waals surface area contributed by atoms with Crippen LogP contribution in [0.1, 0.15) is 50.5 Å². The number of carbonyl (C=O) groups excluding carboxylic acids is 3. The Hall–Kier alpha value is -2.37. The van der Waals surface area contributed by atoms with Crippen LogP contribution >= 0.6 is 0 Å². The molecule has 4 rings (SSSR count). The number of likely N-dealkylation sites (tertiary alicyclic amines) is 3. The average Bonchev–Trinajstić information content (AvgIpc) is 3.35. The second kappa shape index (κ2) is 8.56. The molecule has 3 aliphatic rings. The van der Waals surface area contributed by atoms with Crippen LogP contribution in [-0.2, 0) is 20.8 Å². The van der Waals surface area contributed by atoms with E-state index >= 15 is 0 Å². The van der Waals surface area contributed by atoms with Gasteiger partial charge in [0.05, 0.1) is 0 Å². The fourth-order valence-electron chi connectivity index (χ4n) is 5.22. The van der Waals surface area contributed by atoms with E-state index in [1.807, 2.05) is 28.0 Å². The molecule has 0 aliphatic carbocycles. The maximum absolute atomic E-state index is 13.5. The van der Waals surface area contributed by atoms with Crippen LogP contribution in [0.2, 0.25) is 0 Å². The molecule has 3 fully saturated rings. The van der Waals surface area contributed by atoms with Gasteiger partial charge in [0.15, 0.2) is 0 Å². The lowest BCUT2D eigenvalue weighted by atomic mass is 9.85. The minimum atomic E-state index is -0.652. The zero-order valence-electron chi connectivity index (χ0n) is 17.1. The van der Waals surface area contributed by atoms with Crippen molar-refractivity contribution in [3.8, 4) is 0 Å². The Morgan fingerprint density at radius 2 is 1.62 bits per heavy atom. The molecule has 6 nitrogen and oxygen atoms in total.